The highest BCUT2D eigenvalue weighted by Gasteiger charge is 2.22. The second-order valence-electron chi connectivity index (χ2n) is 5.61. The summed E-state index contributed by atoms with van der Waals surface area (Å²) in [6.45, 7) is 0.477. The van der Waals surface area contributed by atoms with Gasteiger partial charge in [-0.25, -0.2) is 4.79 Å². The van der Waals surface area contributed by atoms with E-state index in [1.807, 2.05) is 0 Å². The molecule has 2 atom stereocenters. The molecule has 1 saturated carbocycles. The van der Waals surface area contributed by atoms with E-state index >= 15 is 0 Å². The van der Waals surface area contributed by atoms with Crippen LogP contribution in [-0.4, -0.2) is 18.6 Å². The van der Waals surface area contributed by atoms with Gasteiger partial charge in [0.05, 0.1) is 12.2 Å². The van der Waals surface area contributed by atoms with Crippen molar-refractivity contribution < 1.29 is 9.53 Å². The Morgan fingerprint density at radius 2 is 1.95 bits per heavy atom. The molecular formula is C16H24N2O2. The summed E-state index contributed by atoms with van der Waals surface area (Å²) in [5, 5.41) is 0. The van der Waals surface area contributed by atoms with Gasteiger partial charge < -0.3 is 16.2 Å². The summed E-state index contributed by atoms with van der Waals surface area (Å²) >= 11 is 0. The quantitative estimate of drug-likeness (QED) is 0.476. The lowest BCUT2D eigenvalue weighted by Gasteiger charge is -2.14. The molecule has 4 heteroatoms. The van der Waals surface area contributed by atoms with E-state index in [1.54, 1.807) is 24.3 Å². The predicted molar refractivity (Wildman–Crippen MR) is 80.3 cm³/mol. The van der Waals surface area contributed by atoms with Crippen LogP contribution in [0.25, 0.3) is 0 Å². The summed E-state index contributed by atoms with van der Waals surface area (Å²) in [7, 11) is 0. The van der Waals surface area contributed by atoms with Crippen molar-refractivity contribution in [3.8, 4) is 0 Å². The molecule has 0 aliphatic heterocycles. The summed E-state index contributed by atoms with van der Waals surface area (Å²) in [6.07, 6.45) is 6.82. The van der Waals surface area contributed by atoms with Gasteiger partial charge in [0.2, 0.25) is 0 Å². The van der Waals surface area contributed by atoms with E-state index in [1.165, 1.54) is 12.8 Å². The predicted octanol–water partition coefficient (Wildman–Crippen LogP) is 2.72. The van der Waals surface area contributed by atoms with E-state index in [0.717, 1.165) is 25.7 Å². The number of unbranched alkanes of at least 4 members (excludes halogenated alkanes) is 1. The molecule has 1 aromatic rings. The van der Waals surface area contributed by atoms with Gasteiger partial charge in [-0.15, -0.1) is 0 Å². The molecule has 0 radical (unpaired) electrons. The van der Waals surface area contributed by atoms with Crippen LogP contribution in [0, 0.1) is 5.92 Å². The fraction of sp³-hybridized carbons (Fsp3) is 0.562. The minimum atomic E-state index is -0.275. The van der Waals surface area contributed by atoms with Gasteiger partial charge in [-0.2, -0.15) is 0 Å². The van der Waals surface area contributed by atoms with Crippen molar-refractivity contribution in [1.29, 1.82) is 0 Å². The zero-order chi connectivity index (χ0) is 14.4. The first kappa shape index (κ1) is 14.9. The molecule has 0 unspecified atom stereocenters. The average Bonchev–Trinajstić information content (AvgIpc) is 2.84. The molecule has 1 aliphatic carbocycles. The number of rotatable bonds is 6. The third-order valence-electron chi connectivity index (χ3n) is 4.07. The van der Waals surface area contributed by atoms with Crippen molar-refractivity contribution in [3.63, 3.8) is 0 Å². The molecule has 4 nitrogen and oxygen atoms in total. The maximum absolute atomic E-state index is 11.7. The molecule has 4 N–H and O–H groups in total. The third kappa shape index (κ3) is 4.23. The summed E-state index contributed by atoms with van der Waals surface area (Å²) < 4.78 is 5.25. The van der Waals surface area contributed by atoms with Crippen molar-refractivity contribution >= 4 is 11.7 Å². The topological polar surface area (TPSA) is 78.3 Å². The van der Waals surface area contributed by atoms with Crippen LogP contribution in [0.15, 0.2) is 24.3 Å². The molecule has 20 heavy (non-hydrogen) atoms. The number of hydrogen-bond acceptors (Lipinski definition) is 4. The first-order valence-corrected chi connectivity index (χ1v) is 7.45. The highest BCUT2D eigenvalue weighted by atomic mass is 16.5. The Hall–Kier alpha value is -1.55. The Labute approximate surface area is 120 Å². The number of benzene rings is 1. The van der Waals surface area contributed by atoms with E-state index < -0.39 is 0 Å². The minimum Gasteiger partial charge on any atom is -0.462 e. The lowest BCUT2D eigenvalue weighted by atomic mass is 9.97. The Balaban J connectivity index is 1.61. The minimum absolute atomic E-state index is 0.275. The second-order valence-corrected chi connectivity index (χ2v) is 5.61. The number of carbonyl (C=O) groups excluding carboxylic acids is 1. The first-order valence-electron chi connectivity index (χ1n) is 7.45. The van der Waals surface area contributed by atoms with E-state index in [9.17, 15) is 4.79 Å². The molecule has 0 spiro atoms. The van der Waals surface area contributed by atoms with Gasteiger partial charge in [0.15, 0.2) is 0 Å². The number of carbonyl (C=O) groups is 1. The van der Waals surface area contributed by atoms with Crippen LogP contribution in [0.3, 0.4) is 0 Å². The van der Waals surface area contributed by atoms with Crippen molar-refractivity contribution in [3.05, 3.63) is 29.8 Å². The Kier molecular flexibility index (Phi) is 5.41. The summed E-state index contributed by atoms with van der Waals surface area (Å²) in [5.41, 5.74) is 12.8. The van der Waals surface area contributed by atoms with Gasteiger partial charge >= 0.3 is 5.97 Å². The van der Waals surface area contributed by atoms with Crippen LogP contribution in [0.4, 0.5) is 5.69 Å². The normalized spacial score (nSPS) is 21.9. The maximum Gasteiger partial charge on any atom is 0.338 e. The molecule has 110 valence electrons. The van der Waals surface area contributed by atoms with E-state index in [4.69, 9.17) is 16.2 Å². The number of esters is 1. The highest BCUT2D eigenvalue weighted by Crippen LogP contribution is 2.28. The Bertz CT molecular complexity index is 431. The molecule has 2 rings (SSSR count). The summed E-state index contributed by atoms with van der Waals surface area (Å²) in [4.78, 5) is 11.7. The molecule has 0 amide bonds. The summed E-state index contributed by atoms with van der Waals surface area (Å²) in [5.74, 6) is 0.394. The SMILES string of the molecule is Nc1ccc(C(=O)OCCCC[C@H]2CCC[C@@H]2N)cc1. The van der Waals surface area contributed by atoms with Gasteiger partial charge in [-0.1, -0.05) is 6.42 Å². The second kappa shape index (κ2) is 7.29. The van der Waals surface area contributed by atoms with Crippen LogP contribution in [0.5, 0.6) is 0 Å². The highest BCUT2D eigenvalue weighted by molar-refractivity contribution is 5.89. The lowest BCUT2D eigenvalue weighted by Crippen LogP contribution is -2.24. The fourth-order valence-electron chi connectivity index (χ4n) is 2.80. The first-order chi connectivity index (χ1) is 9.66. The third-order valence-corrected chi connectivity index (χ3v) is 4.07. The zero-order valence-corrected chi connectivity index (χ0v) is 11.9. The number of nitrogen functional groups attached to an aromatic ring is 1. The van der Waals surface area contributed by atoms with Crippen LogP contribution < -0.4 is 11.5 Å². The molecule has 1 fully saturated rings. The van der Waals surface area contributed by atoms with Gasteiger partial charge in [-0.3, -0.25) is 0 Å². The largest absolute Gasteiger partial charge is 0.462 e. The van der Waals surface area contributed by atoms with Crippen LogP contribution in [-0.2, 0) is 4.74 Å². The van der Waals surface area contributed by atoms with Crippen LogP contribution in [0.2, 0.25) is 0 Å². The van der Waals surface area contributed by atoms with Gasteiger partial charge in [0, 0.05) is 11.7 Å². The van der Waals surface area contributed by atoms with Crippen molar-refractivity contribution in [1.82, 2.24) is 0 Å². The molecule has 0 aromatic heterocycles. The number of ether oxygens (including phenoxy) is 1. The van der Waals surface area contributed by atoms with Crippen LogP contribution >= 0.6 is 0 Å². The Morgan fingerprint density at radius 3 is 2.60 bits per heavy atom. The van der Waals surface area contributed by atoms with E-state index in [2.05, 4.69) is 0 Å². The van der Waals surface area contributed by atoms with E-state index in [0.29, 0.717) is 29.8 Å². The van der Waals surface area contributed by atoms with Crippen molar-refractivity contribution in [2.75, 3.05) is 12.3 Å². The van der Waals surface area contributed by atoms with Gasteiger partial charge in [-0.05, 0) is 62.3 Å². The Morgan fingerprint density at radius 1 is 1.20 bits per heavy atom. The number of anilines is 1. The van der Waals surface area contributed by atoms with Gasteiger partial charge in [0.1, 0.15) is 0 Å². The molecule has 0 bridgehead atoms. The molecular weight excluding hydrogens is 252 g/mol. The summed E-state index contributed by atoms with van der Waals surface area (Å²) in [6, 6.07) is 7.17. The number of hydrogen-bond donors (Lipinski definition) is 2. The fourth-order valence-corrected chi connectivity index (χ4v) is 2.80. The van der Waals surface area contributed by atoms with Crippen molar-refractivity contribution in [2.24, 2.45) is 11.7 Å². The lowest BCUT2D eigenvalue weighted by molar-refractivity contribution is 0.0496. The molecule has 0 heterocycles. The van der Waals surface area contributed by atoms with Crippen LogP contribution in [0.1, 0.15) is 48.9 Å². The number of nitrogens with two attached hydrogens (primary N) is 2. The molecule has 1 aromatic carbocycles. The monoisotopic (exact) mass is 276 g/mol. The molecule has 0 saturated heterocycles. The maximum atomic E-state index is 11.7. The van der Waals surface area contributed by atoms with Gasteiger partial charge in [0.25, 0.3) is 0 Å². The molecule has 1 aliphatic rings. The standard InChI is InChI=1S/C16H24N2O2/c17-14-9-7-13(8-10-14)16(19)20-11-2-1-4-12-5-3-6-15(12)18/h7-10,12,15H,1-6,11,17-18H2/t12-,15-/m0/s1. The van der Waals surface area contributed by atoms with Crippen molar-refractivity contribution in [2.45, 2.75) is 44.6 Å². The zero-order valence-electron chi connectivity index (χ0n) is 11.9. The average molecular weight is 276 g/mol. The smallest absolute Gasteiger partial charge is 0.338 e. The van der Waals surface area contributed by atoms with E-state index in [-0.39, 0.29) is 5.97 Å².